The van der Waals surface area contributed by atoms with Crippen molar-refractivity contribution >= 4 is 11.8 Å². The Hall–Kier alpha value is -2.04. The van der Waals surface area contributed by atoms with Gasteiger partial charge in [0.1, 0.15) is 5.75 Å². The summed E-state index contributed by atoms with van der Waals surface area (Å²) in [5, 5.41) is 5.69. The van der Waals surface area contributed by atoms with E-state index in [1.165, 1.54) is 6.42 Å². The van der Waals surface area contributed by atoms with Gasteiger partial charge in [-0.1, -0.05) is 19.8 Å². The lowest BCUT2D eigenvalue weighted by molar-refractivity contribution is -0.121. The molecule has 0 unspecified atom stereocenters. The minimum Gasteiger partial charge on any atom is -0.494 e. The van der Waals surface area contributed by atoms with Gasteiger partial charge in [-0.3, -0.25) is 9.59 Å². The zero-order valence-electron chi connectivity index (χ0n) is 13.9. The van der Waals surface area contributed by atoms with E-state index < -0.39 is 0 Å². The molecule has 126 valence electrons. The molecule has 5 heteroatoms. The van der Waals surface area contributed by atoms with Crippen LogP contribution in [-0.2, 0) is 4.79 Å². The molecular formula is C18H26N2O3. The quantitative estimate of drug-likeness (QED) is 0.847. The van der Waals surface area contributed by atoms with E-state index in [9.17, 15) is 9.59 Å². The molecule has 0 aliphatic heterocycles. The highest BCUT2D eigenvalue weighted by molar-refractivity contribution is 5.96. The van der Waals surface area contributed by atoms with Crippen LogP contribution in [-0.4, -0.2) is 31.0 Å². The zero-order chi connectivity index (χ0) is 16.7. The summed E-state index contributed by atoms with van der Waals surface area (Å²) >= 11 is 0. The fraction of sp³-hybridized carbons (Fsp3) is 0.556. The first-order valence-electron chi connectivity index (χ1n) is 8.40. The second-order valence-electron chi connectivity index (χ2n) is 6.08. The molecule has 0 spiro atoms. The maximum Gasteiger partial charge on any atom is 0.251 e. The van der Waals surface area contributed by atoms with Crippen molar-refractivity contribution in [2.24, 2.45) is 5.92 Å². The first-order chi connectivity index (χ1) is 11.1. The molecule has 23 heavy (non-hydrogen) atoms. The molecule has 2 atom stereocenters. The number of hydrogen-bond donors (Lipinski definition) is 2. The number of amides is 2. The maximum atomic E-state index is 12.0. The highest BCUT2D eigenvalue weighted by Gasteiger charge is 2.22. The summed E-state index contributed by atoms with van der Waals surface area (Å²) in [7, 11) is 0. The van der Waals surface area contributed by atoms with Crippen molar-refractivity contribution in [3.63, 3.8) is 0 Å². The number of carbonyl (C=O) groups is 2. The molecule has 2 amide bonds. The van der Waals surface area contributed by atoms with Gasteiger partial charge in [0.05, 0.1) is 13.2 Å². The highest BCUT2D eigenvalue weighted by Crippen LogP contribution is 2.23. The van der Waals surface area contributed by atoms with E-state index in [1.54, 1.807) is 24.3 Å². The predicted molar refractivity (Wildman–Crippen MR) is 89.5 cm³/mol. The van der Waals surface area contributed by atoms with E-state index in [0.29, 0.717) is 18.1 Å². The van der Waals surface area contributed by atoms with Gasteiger partial charge in [0.15, 0.2) is 0 Å². The van der Waals surface area contributed by atoms with Gasteiger partial charge in [-0.25, -0.2) is 0 Å². The van der Waals surface area contributed by atoms with Crippen molar-refractivity contribution in [1.82, 2.24) is 10.6 Å². The van der Waals surface area contributed by atoms with Crippen molar-refractivity contribution < 1.29 is 14.3 Å². The number of rotatable bonds is 6. The van der Waals surface area contributed by atoms with Crippen molar-refractivity contribution in [2.75, 3.05) is 13.2 Å². The maximum absolute atomic E-state index is 12.0. The third-order valence-electron chi connectivity index (χ3n) is 4.29. The summed E-state index contributed by atoms with van der Waals surface area (Å²) in [6, 6.07) is 7.13. The Labute approximate surface area is 137 Å². The fourth-order valence-electron chi connectivity index (χ4n) is 2.92. The van der Waals surface area contributed by atoms with Gasteiger partial charge in [-0.2, -0.15) is 0 Å². The Morgan fingerprint density at radius 3 is 2.52 bits per heavy atom. The van der Waals surface area contributed by atoms with Crippen LogP contribution >= 0.6 is 0 Å². The molecule has 2 rings (SSSR count). The molecule has 0 heterocycles. The van der Waals surface area contributed by atoms with Gasteiger partial charge >= 0.3 is 0 Å². The van der Waals surface area contributed by atoms with Gasteiger partial charge in [0.25, 0.3) is 5.91 Å². The Kier molecular flexibility index (Phi) is 6.44. The summed E-state index contributed by atoms with van der Waals surface area (Å²) in [5.41, 5.74) is 0.521. The van der Waals surface area contributed by atoms with Crippen molar-refractivity contribution in [1.29, 1.82) is 0 Å². The van der Waals surface area contributed by atoms with E-state index in [1.807, 2.05) is 6.92 Å². The lowest BCUT2D eigenvalue weighted by Gasteiger charge is -2.29. The van der Waals surface area contributed by atoms with E-state index >= 15 is 0 Å². The Morgan fingerprint density at radius 1 is 1.17 bits per heavy atom. The van der Waals surface area contributed by atoms with Crippen LogP contribution in [0, 0.1) is 5.92 Å². The number of benzene rings is 1. The summed E-state index contributed by atoms with van der Waals surface area (Å²) in [4.78, 5) is 24.0. The lowest BCUT2D eigenvalue weighted by atomic mass is 9.86. The van der Waals surface area contributed by atoms with Crippen molar-refractivity contribution in [3.8, 4) is 5.75 Å². The van der Waals surface area contributed by atoms with E-state index in [0.717, 1.165) is 25.0 Å². The second kappa shape index (κ2) is 8.56. The summed E-state index contributed by atoms with van der Waals surface area (Å²) in [6.07, 6.45) is 4.58. The zero-order valence-corrected chi connectivity index (χ0v) is 13.9. The molecule has 0 radical (unpaired) electrons. The molecular weight excluding hydrogens is 292 g/mol. The smallest absolute Gasteiger partial charge is 0.251 e. The standard InChI is InChI=1S/C18H26N2O3/c1-3-23-15-10-8-14(9-11-15)18(22)19-12-17(21)20-16-7-5-4-6-13(16)2/h8-11,13,16H,3-7,12H2,1-2H3,(H,19,22)(H,20,21)/t13-,16-/m0/s1. The topological polar surface area (TPSA) is 67.4 Å². The number of ether oxygens (including phenoxy) is 1. The van der Waals surface area contributed by atoms with Gasteiger partial charge in [0.2, 0.25) is 5.91 Å². The van der Waals surface area contributed by atoms with E-state index in [-0.39, 0.29) is 24.4 Å². The monoisotopic (exact) mass is 318 g/mol. The summed E-state index contributed by atoms with van der Waals surface area (Å²) in [5.74, 6) is 0.866. The number of nitrogens with one attached hydrogen (secondary N) is 2. The molecule has 2 N–H and O–H groups in total. The molecule has 0 aromatic heterocycles. The summed E-state index contributed by atoms with van der Waals surface area (Å²) in [6.45, 7) is 4.68. The van der Waals surface area contributed by atoms with Gasteiger partial charge in [-0.15, -0.1) is 0 Å². The molecule has 0 bridgehead atoms. The second-order valence-corrected chi connectivity index (χ2v) is 6.08. The van der Waals surface area contributed by atoms with Crippen LogP contribution in [0.5, 0.6) is 5.75 Å². The van der Waals surface area contributed by atoms with Crippen LogP contribution in [0.25, 0.3) is 0 Å². The number of hydrogen-bond acceptors (Lipinski definition) is 3. The summed E-state index contributed by atoms with van der Waals surface area (Å²) < 4.78 is 5.34. The van der Waals surface area contributed by atoms with Gasteiger partial charge in [0, 0.05) is 11.6 Å². The molecule has 1 aliphatic rings. The highest BCUT2D eigenvalue weighted by atomic mass is 16.5. The normalized spacial score (nSPS) is 20.6. The Balaban J connectivity index is 1.77. The van der Waals surface area contributed by atoms with Crippen LogP contribution in [0.2, 0.25) is 0 Å². The average molecular weight is 318 g/mol. The first kappa shape index (κ1) is 17.3. The molecule has 1 fully saturated rings. The fourth-order valence-corrected chi connectivity index (χ4v) is 2.92. The third-order valence-corrected chi connectivity index (χ3v) is 4.29. The SMILES string of the molecule is CCOc1ccc(C(=O)NCC(=O)N[C@H]2CCCC[C@@H]2C)cc1. The van der Waals surface area contributed by atoms with Crippen molar-refractivity contribution in [3.05, 3.63) is 29.8 Å². The Morgan fingerprint density at radius 2 is 1.87 bits per heavy atom. The predicted octanol–water partition coefficient (Wildman–Crippen LogP) is 2.51. The van der Waals surface area contributed by atoms with Crippen LogP contribution in [0.15, 0.2) is 24.3 Å². The minimum absolute atomic E-state index is 0.00919. The molecule has 1 aromatic rings. The van der Waals surface area contributed by atoms with Crippen LogP contribution in [0.1, 0.15) is 49.9 Å². The number of carbonyl (C=O) groups excluding carboxylic acids is 2. The molecule has 1 aromatic carbocycles. The third kappa shape index (κ3) is 5.27. The molecule has 0 saturated heterocycles. The largest absolute Gasteiger partial charge is 0.494 e. The van der Waals surface area contributed by atoms with Gasteiger partial charge in [-0.05, 0) is 49.9 Å². The van der Waals surface area contributed by atoms with Crippen LogP contribution in [0.4, 0.5) is 0 Å². The average Bonchev–Trinajstić information content (AvgIpc) is 2.56. The van der Waals surface area contributed by atoms with Crippen LogP contribution in [0.3, 0.4) is 0 Å². The van der Waals surface area contributed by atoms with Gasteiger partial charge < -0.3 is 15.4 Å². The minimum atomic E-state index is -0.250. The Bertz CT molecular complexity index is 528. The van der Waals surface area contributed by atoms with Crippen LogP contribution < -0.4 is 15.4 Å². The van der Waals surface area contributed by atoms with Crippen molar-refractivity contribution in [2.45, 2.75) is 45.6 Å². The first-order valence-corrected chi connectivity index (χ1v) is 8.40. The lowest BCUT2D eigenvalue weighted by Crippen LogP contribution is -2.45. The molecule has 1 aliphatic carbocycles. The van der Waals surface area contributed by atoms with E-state index in [2.05, 4.69) is 17.6 Å². The molecule has 1 saturated carbocycles. The van der Waals surface area contributed by atoms with E-state index in [4.69, 9.17) is 4.74 Å². The molecule has 5 nitrogen and oxygen atoms in total.